The number of aromatic nitrogens is 1. The van der Waals surface area contributed by atoms with E-state index in [2.05, 4.69) is 41.5 Å². The molecular formula is C34H45N5O5S. The average Bonchev–Trinajstić information content (AvgIpc) is 3.32. The van der Waals surface area contributed by atoms with Crippen molar-refractivity contribution >= 4 is 45.3 Å². The topological polar surface area (TPSA) is 147 Å². The Labute approximate surface area is 267 Å². The first-order chi connectivity index (χ1) is 21.5. The van der Waals surface area contributed by atoms with E-state index in [1.165, 1.54) is 19.3 Å². The van der Waals surface area contributed by atoms with Crippen LogP contribution in [0.3, 0.4) is 0 Å². The number of hydrogen-bond acceptors (Lipinski definition) is 6. The van der Waals surface area contributed by atoms with E-state index < -0.39 is 22.8 Å². The summed E-state index contributed by atoms with van der Waals surface area (Å²) < 4.78 is 12.9. The summed E-state index contributed by atoms with van der Waals surface area (Å²) in [6, 6.07) is 14.3. The van der Waals surface area contributed by atoms with Crippen molar-refractivity contribution in [2.75, 3.05) is 43.0 Å². The molecule has 0 atom stereocenters. The first kappa shape index (κ1) is 32.7. The first-order valence-corrected chi connectivity index (χ1v) is 17.4. The van der Waals surface area contributed by atoms with Gasteiger partial charge in [0.15, 0.2) is 0 Å². The maximum Gasteiger partial charge on any atom is 0.404 e. The fraction of sp³-hybridized carbons (Fsp3) is 0.500. The molecule has 1 aliphatic carbocycles. The Balaban J connectivity index is 0.000000259. The van der Waals surface area contributed by atoms with E-state index in [0.29, 0.717) is 42.6 Å². The molecule has 6 rings (SSSR count). The predicted octanol–water partition coefficient (Wildman–Crippen LogP) is 5.08. The average molecular weight is 636 g/mol. The fourth-order valence-corrected chi connectivity index (χ4v) is 7.92. The Bertz CT molecular complexity index is 1580. The number of para-hydroxylation sites is 1. The smallest absolute Gasteiger partial charge is 0.404 e. The number of carboxylic acid groups (broad SMARTS) is 1. The minimum Gasteiger partial charge on any atom is -0.465 e. The number of anilines is 1. The molecule has 2 aromatic carbocycles. The van der Waals surface area contributed by atoms with Gasteiger partial charge in [-0.25, -0.2) is 4.79 Å². The van der Waals surface area contributed by atoms with Crippen LogP contribution >= 0.6 is 0 Å². The molecule has 1 aromatic heterocycles. The summed E-state index contributed by atoms with van der Waals surface area (Å²) in [4.78, 5) is 37.5. The van der Waals surface area contributed by atoms with Gasteiger partial charge in [0.25, 0.3) is 5.91 Å². The number of amides is 2. The van der Waals surface area contributed by atoms with Crippen molar-refractivity contribution in [2.24, 2.45) is 11.1 Å². The van der Waals surface area contributed by atoms with Crippen molar-refractivity contribution in [1.29, 1.82) is 0 Å². The second-order valence-corrected chi connectivity index (χ2v) is 14.8. The highest BCUT2D eigenvalue weighted by Gasteiger charge is 2.35. The Hall–Kier alpha value is -3.70. The summed E-state index contributed by atoms with van der Waals surface area (Å²) in [5.74, 6) is 1.16. The lowest BCUT2D eigenvalue weighted by Gasteiger charge is -2.30. The third-order valence-electron chi connectivity index (χ3n) is 9.01. The molecule has 1 saturated carbocycles. The Morgan fingerprint density at radius 2 is 1.76 bits per heavy atom. The van der Waals surface area contributed by atoms with E-state index in [1.807, 2.05) is 34.9 Å². The van der Waals surface area contributed by atoms with E-state index >= 15 is 0 Å². The summed E-state index contributed by atoms with van der Waals surface area (Å²) in [7, 11) is -0.654. The van der Waals surface area contributed by atoms with Gasteiger partial charge >= 0.3 is 6.09 Å². The second-order valence-electron chi connectivity index (χ2n) is 13.1. The molecule has 2 fully saturated rings. The van der Waals surface area contributed by atoms with Crippen molar-refractivity contribution in [3.63, 3.8) is 0 Å². The minimum absolute atomic E-state index is 0.0907. The van der Waals surface area contributed by atoms with Gasteiger partial charge in [-0.05, 0) is 48.4 Å². The number of nitrogens with one attached hydrogen (secondary N) is 2. The van der Waals surface area contributed by atoms with Crippen molar-refractivity contribution in [2.45, 2.75) is 64.8 Å². The van der Waals surface area contributed by atoms with Crippen LogP contribution in [0, 0.1) is 5.41 Å². The molecule has 0 spiro atoms. The zero-order valence-corrected chi connectivity index (χ0v) is 27.1. The van der Waals surface area contributed by atoms with E-state index in [-0.39, 0.29) is 11.3 Å². The van der Waals surface area contributed by atoms with Crippen molar-refractivity contribution in [3.05, 3.63) is 53.7 Å². The number of fused-ring (bicyclic) bond motifs is 3. The van der Waals surface area contributed by atoms with Gasteiger partial charge in [0.2, 0.25) is 5.91 Å². The van der Waals surface area contributed by atoms with Gasteiger partial charge in [-0.1, -0.05) is 57.4 Å². The summed E-state index contributed by atoms with van der Waals surface area (Å²) in [6.45, 7) is 7.09. The van der Waals surface area contributed by atoms with Gasteiger partial charge in [0.1, 0.15) is 0 Å². The number of nitrogens with zero attached hydrogens (tertiary/aromatic N) is 2. The second kappa shape index (κ2) is 14.2. The SMILES string of the molecule is CC1(C)CC(=O)n2c(c(-c3ccc(C(N)=O)c(NC4CCCCC4)c3)c3ccccc32)C1.O=C(O)NCCN1CCS(=O)CC1. The summed E-state index contributed by atoms with van der Waals surface area (Å²) in [5, 5.41) is 15.3. The van der Waals surface area contributed by atoms with Crippen LogP contribution in [-0.4, -0.2) is 80.4 Å². The number of carbonyl (C=O) groups excluding carboxylic acids is 2. The van der Waals surface area contributed by atoms with Crippen LogP contribution in [0.2, 0.25) is 0 Å². The van der Waals surface area contributed by atoms with E-state index in [4.69, 9.17) is 10.8 Å². The third-order valence-corrected chi connectivity index (χ3v) is 10.3. The molecular weight excluding hydrogens is 590 g/mol. The lowest BCUT2D eigenvalue weighted by atomic mass is 9.80. The largest absolute Gasteiger partial charge is 0.465 e. The molecule has 3 aliphatic rings. The summed E-state index contributed by atoms with van der Waals surface area (Å²) >= 11 is 0. The van der Waals surface area contributed by atoms with Gasteiger partial charge in [-0.15, -0.1) is 0 Å². The van der Waals surface area contributed by atoms with E-state index in [0.717, 1.165) is 65.8 Å². The molecule has 3 aromatic rings. The lowest BCUT2D eigenvalue weighted by Crippen LogP contribution is -2.42. The highest BCUT2D eigenvalue weighted by atomic mass is 32.2. The number of hydrogen-bond donors (Lipinski definition) is 4. The van der Waals surface area contributed by atoms with Crippen LogP contribution in [0.1, 0.15) is 73.2 Å². The minimum atomic E-state index is -0.986. The Kier molecular flexibility index (Phi) is 10.3. The van der Waals surface area contributed by atoms with Crippen LogP contribution in [0.15, 0.2) is 42.5 Å². The van der Waals surface area contributed by atoms with Gasteiger partial charge < -0.3 is 21.5 Å². The monoisotopic (exact) mass is 635 g/mol. The standard InChI is InChI=1S/C27H31N3O2.C7H14N2O3S/c1-27(2)15-23-25(20-10-6-7-11-22(20)30(23)24(31)16-27)17-12-13-19(26(28)32)21(14-17)29-18-8-4-3-5-9-18;10-7(11)8-1-2-9-3-5-13(12)6-4-9/h6-7,10-14,18,29H,3-5,8-9,15-16H2,1-2H3,(H2,28,32);8H,1-6H2,(H,10,11). The van der Waals surface area contributed by atoms with Crippen LogP contribution in [-0.2, 0) is 17.2 Å². The van der Waals surface area contributed by atoms with E-state index in [1.54, 1.807) is 0 Å². The zero-order chi connectivity index (χ0) is 32.1. The van der Waals surface area contributed by atoms with Crippen LogP contribution in [0.4, 0.5) is 10.5 Å². The highest BCUT2D eigenvalue weighted by molar-refractivity contribution is 7.85. The molecule has 2 amide bonds. The molecule has 242 valence electrons. The van der Waals surface area contributed by atoms with Crippen LogP contribution in [0.25, 0.3) is 22.0 Å². The molecule has 2 aliphatic heterocycles. The molecule has 1 saturated heterocycles. The normalized spacial score (nSPS) is 18.9. The molecule has 0 bridgehead atoms. The van der Waals surface area contributed by atoms with Crippen molar-refractivity contribution in [3.8, 4) is 11.1 Å². The molecule has 45 heavy (non-hydrogen) atoms. The zero-order valence-electron chi connectivity index (χ0n) is 26.3. The van der Waals surface area contributed by atoms with E-state index in [9.17, 15) is 18.6 Å². The van der Waals surface area contributed by atoms with Crippen molar-refractivity contribution in [1.82, 2.24) is 14.8 Å². The van der Waals surface area contributed by atoms with Crippen molar-refractivity contribution < 1.29 is 23.7 Å². The highest BCUT2D eigenvalue weighted by Crippen LogP contribution is 2.43. The first-order valence-electron chi connectivity index (χ1n) is 15.9. The molecule has 11 heteroatoms. The number of carbonyl (C=O) groups is 3. The third kappa shape index (κ3) is 7.94. The maximum atomic E-state index is 13.1. The Morgan fingerprint density at radius 3 is 2.44 bits per heavy atom. The molecule has 3 heterocycles. The number of benzene rings is 2. The quantitative estimate of drug-likeness (QED) is 0.283. The Morgan fingerprint density at radius 1 is 1.04 bits per heavy atom. The number of nitrogens with two attached hydrogens (primary N) is 1. The molecule has 5 N–H and O–H groups in total. The van der Waals surface area contributed by atoms with Gasteiger partial charge in [-0.2, -0.15) is 0 Å². The summed E-state index contributed by atoms with van der Waals surface area (Å²) in [5.41, 5.74) is 11.1. The van der Waals surface area contributed by atoms with Crippen LogP contribution < -0.4 is 16.4 Å². The van der Waals surface area contributed by atoms with Gasteiger partial charge in [-0.3, -0.25) is 23.3 Å². The lowest BCUT2D eigenvalue weighted by molar-refractivity contribution is 0.0816. The molecule has 0 radical (unpaired) electrons. The maximum absolute atomic E-state index is 13.1. The van der Waals surface area contributed by atoms with Gasteiger partial charge in [0.05, 0.1) is 11.1 Å². The molecule has 0 unspecified atom stereocenters. The van der Waals surface area contributed by atoms with Gasteiger partial charge in [0, 0.05) is 83.3 Å². The fourth-order valence-electron chi connectivity index (χ4n) is 6.79. The van der Waals surface area contributed by atoms with Crippen LogP contribution in [0.5, 0.6) is 0 Å². The predicted molar refractivity (Wildman–Crippen MR) is 179 cm³/mol. The number of primary amides is 1. The molecule has 10 nitrogen and oxygen atoms in total. The number of rotatable bonds is 7. The summed E-state index contributed by atoms with van der Waals surface area (Å²) in [6.07, 6.45) is 6.27.